The van der Waals surface area contributed by atoms with E-state index in [1.54, 1.807) is 20.8 Å². The second-order valence-corrected chi connectivity index (χ2v) is 8.73. The molecule has 0 aromatic carbocycles. The Hall–Kier alpha value is -2.36. The van der Waals surface area contributed by atoms with Crippen LogP contribution in [0.3, 0.4) is 0 Å². The second-order valence-electron chi connectivity index (χ2n) is 8.73. The number of carbonyl (C=O) groups excluding carboxylic acids is 4. The van der Waals surface area contributed by atoms with Crippen molar-refractivity contribution in [3.63, 3.8) is 0 Å². The first-order chi connectivity index (χ1) is 13.4. The zero-order valence-corrected chi connectivity index (χ0v) is 17.5. The van der Waals surface area contributed by atoms with Gasteiger partial charge in [-0.15, -0.1) is 0 Å². The fraction of sp³-hybridized carbons (Fsp3) is 0.789. The summed E-state index contributed by atoms with van der Waals surface area (Å²) < 4.78 is 5.35. The molecule has 10 nitrogen and oxygen atoms in total. The first-order valence-corrected chi connectivity index (χ1v) is 9.97. The van der Waals surface area contributed by atoms with Crippen LogP contribution in [0.15, 0.2) is 0 Å². The lowest BCUT2D eigenvalue weighted by Crippen LogP contribution is -2.56. The van der Waals surface area contributed by atoms with Crippen molar-refractivity contribution in [2.24, 2.45) is 11.7 Å². The number of amides is 4. The van der Waals surface area contributed by atoms with Gasteiger partial charge in [0.1, 0.15) is 17.7 Å². The molecule has 2 aliphatic heterocycles. The summed E-state index contributed by atoms with van der Waals surface area (Å²) in [6, 6.07) is -1.94. The SMILES string of the molecule is C[C@@H](O)[C@H](NC(=O)[C@@H]1CCCN1C(=O)[C@H]1CCN(C(=O)OC(C)(C)C)C1)C(N)=O. The van der Waals surface area contributed by atoms with Gasteiger partial charge in [0.15, 0.2) is 0 Å². The number of likely N-dealkylation sites (tertiary alicyclic amines) is 2. The number of nitrogens with zero attached hydrogens (tertiary/aromatic N) is 2. The summed E-state index contributed by atoms with van der Waals surface area (Å²) in [6.07, 6.45) is 0.0256. The summed E-state index contributed by atoms with van der Waals surface area (Å²) in [5.74, 6) is -1.95. The average molecular weight is 412 g/mol. The lowest BCUT2D eigenvalue weighted by Gasteiger charge is -2.28. The second kappa shape index (κ2) is 8.98. The van der Waals surface area contributed by atoms with Crippen molar-refractivity contribution < 1.29 is 29.0 Å². The maximum absolute atomic E-state index is 13.0. The molecule has 4 atom stereocenters. The predicted molar refractivity (Wildman–Crippen MR) is 103 cm³/mol. The number of hydrogen-bond donors (Lipinski definition) is 3. The van der Waals surface area contributed by atoms with Crippen LogP contribution in [0, 0.1) is 5.92 Å². The van der Waals surface area contributed by atoms with Gasteiger partial charge in [0.05, 0.1) is 12.0 Å². The Balaban J connectivity index is 1.99. The van der Waals surface area contributed by atoms with Crippen LogP contribution in [0.2, 0.25) is 0 Å². The molecule has 2 fully saturated rings. The molecule has 0 radical (unpaired) electrons. The Morgan fingerprint density at radius 1 is 1.17 bits per heavy atom. The van der Waals surface area contributed by atoms with E-state index >= 15 is 0 Å². The number of hydrogen-bond acceptors (Lipinski definition) is 6. The largest absolute Gasteiger partial charge is 0.444 e. The minimum absolute atomic E-state index is 0.193. The Morgan fingerprint density at radius 3 is 2.38 bits per heavy atom. The number of nitrogens with two attached hydrogens (primary N) is 1. The molecule has 10 heteroatoms. The first-order valence-electron chi connectivity index (χ1n) is 9.97. The highest BCUT2D eigenvalue weighted by Crippen LogP contribution is 2.26. The topological polar surface area (TPSA) is 142 Å². The quantitative estimate of drug-likeness (QED) is 0.560. The Kier molecular flexibility index (Phi) is 7.10. The molecule has 0 spiro atoms. The summed E-state index contributed by atoms with van der Waals surface area (Å²) in [7, 11) is 0. The fourth-order valence-electron chi connectivity index (χ4n) is 3.67. The minimum atomic E-state index is -1.21. The number of nitrogens with one attached hydrogen (secondary N) is 1. The Labute approximate surface area is 170 Å². The lowest BCUT2D eigenvalue weighted by atomic mass is 10.1. The number of aliphatic hydroxyl groups excluding tert-OH is 1. The number of carbonyl (C=O) groups is 4. The van der Waals surface area contributed by atoms with E-state index in [9.17, 15) is 24.3 Å². The first kappa shape index (κ1) is 22.9. The van der Waals surface area contributed by atoms with E-state index < -0.39 is 47.6 Å². The van der Waals surface area contributed by atoms with E-state index in [1.165, 1.54) is 16.7 Å². The molecule has 2 heterocycles. The highest BCUT2D eigenvalue weighted by molar-refractivity contribution is 5.93. The van der Waals surface area contributed by atoms with Crippen molar-refractivity contribution in [3.8, 4) is 0 Å². The normalized spacial score (nSPS) is 24.2. The molecule has 0 bridgehead atoms. The molecule has 2 rings (SSSR count). The summed E-state index contributed by atoms with van der Waals surface area (Å²) in [4.78, 5) is 52.3. The molecular formula is C19H32N4O6. The Morgan fingerprint density at radius 2 is 1.83 bits per heavy atom. The smallest absolute Gasteiger partial charge is 0.410 e. The predicted octanol–water partition coefficient (Wildman–Crippen LogP) is -0.415. The fourth-order valence-corrected chi connectivity index (χ4v) is 3.67. The van der Waals surface area contributed by atoms with Crippen LogP contribution in [-0.4, -0.2) is 82.1 Å². The number of ether oxygens (including phenoxy) is 1. The van der Waals surface area contributed by atoms with Crippen molar-refractivity contribution >= 4 is 23.8 Å². The zero-order chi connectivity index (χ0) is 21.9. The molecular weight excluding hydrogens is 380 g/mol. The number of primary amides is 1. The van der Waals surface area contributed by atoms with Crippen molar-refractivity contribution in [1.29, 1.82) is 0 Å². The third kappa shape index (κ3) is 5.81. The third-order valence-electron chi connectivity index (χ3n) is 5.11. The third-order valence-corrected chi connectivity index (χ3v) is 5.11. The molecule has 0 saturated carbocycles. The molecule has 0 aromatic heterocycles. The zero-order valence-electron chi connectivity index (χ0n) is 17.5. The van der Waals surface area contributed by atoms with Gasteiger partial charge in [0.2, 0.25) is 17.7 Å². The molecule has 0 unspecified atom stereocenters. The van der Waals surface area contributed by atoms with E-state index in [2.05, 4.69) is 5.32 Å². The summed E-state index contributed by atoms with van der Waals surface area (Å²) in [5, 5.41) is 12.1. The van der Waals surface area contributed by atoms with Crippen molar-refractivity contribution in [1.82, 2.24) is 15.1 Å². The minimum Gasteiger partial charge on any atom is -0.444 e. The molecule has 4 amide bonds. The van der Waals surface area contributed by atoms with Crippen LogP contribution >= 0.6 is 0 Å². The average Bonchev–Trinajstić information content (AvgIpc) is 3.26. The van der Waals surface area contributed by atoms with Crippen molar-refractivity contribution in [3.05, 3.63) is 0 Å². The highest BCUT2D eigenvalue weighted by Gasteiger charge is 2.41. The van der Waals surface area contributed by atoms with Gasteiger partial charge >= 0.3 is 6.09 Å². The molecule has 0 aromatic rings. The maximum Gasteiger partial charge on any atom is 0.410 e. The van der Waals surface area contributed by atoms with Crippen molar-refractivity contribution in [2.45, 2.75) is 70.7 Å². The van der Waals surface area contributed by atoms with E-state index in [0.29, 0.717) is 32.4 Å². The highest BCUT2D eigenvalue weighted by atomic mass is 16.6. The van der Waals surface area contributed by atoms with E-state index in [0.717, 1.165) is 0 Å². The van der Waals surface area contributed by atoms with Gasteiger partial charge in [-0.3, -0.25) is 14.4 Å². The summed E-state index contributed by atoms with van der Waals surface area (Å²) in [5.41, 5.74) is 4.61. The van der Waals surface area contributed by atoms with Crippen molar-refractivity contribution in [2.75, 3.05) is 19.6 Å². The van der Waals surface area contributed by atoms with Crippen LogP contribution in [0.4, 0.5) is 4.79 Å². The van der Waals surface area contributed by atoms with Gasteiger partial charge in [-0.05, 0) is 47.0 Å². The monoisotopic (exact) mass is 412 g/mol. The van der Waals surface area contributed by atoms with Crippen LogP contribution < -0.4 is 11.1 Å². The van der Waals surface area contributed by atoms with E-state index in [-0.39, 0.29) is 12.5 Å². The van der Waals surface area contributed by atoms with Gasteiger partial charge in [0, 0.05) is 19.6 Å². The summed E-state index contributed by atoms with van der Waals surface area (Å²) >= 11 is 0. The van der Waals surface area contributed by atoms with Gasteiger partial charge in [-0.2, -0.15) is 0 Å². The molecule has 0 aliphatic carbocycles. The van der Waals surface area contributed by atoms with E-state index in [4.69, 9.17) is 10.5 Å². The Bertz CT molecular complexity index is 660. The molecule has 2 saturated heterocycles. The van der Waals surface area contributed by atoms with Gasteiger partial charge in [0.25, 0.3) is 0 Å². The van der Waals surface area contributed by atoms with Gasteiger partial charge < -0.3 is 30.7 Å². The van der Waals surface area contributed by atoms with Crippen LogP contribution in [0.1, 0.15) is 47.0 Å². The maximum atomic E-state index is 13.0. The molecule has 29 heavy (non-hydrogen) atoms. The van der Waals surface area contributed by atoms with E-state index in [1.807, 2.05) is 0 Å². The number of aliphatic hydroxyl groups is 1. The molecule has 164 valence electrons. The summed E-state index contributed by atoms with van der Waals surface area (Å²) in [6.45, 7) is 7.79. The number of rotatable bonds is 5. The van der Waals surface area contributed by atoms with Gasteiger partial charge in [-0.25, -0.2) is 4.79 Å². The molecule has 4 N–H and O–H groups in total. The molecule has 2 aliphatic rings. The van der Waals surface area contributed by atoms with Crippen LogP contribution in [0.5, 0.6) is 0 Å². The van der Waals surface area contributed by atoms with Crippen LogP contribution in [0.25, 0.3) is 0 Å². The lowest BCUT2D eigenvalue weighted by molar-refractivity contribution is -0.142. The van der Waals surface area contributed by atoms with Crippen LogP contribution in [-0.2, 0) is 19.1 Å². The standard InChI is InChI=1S/C19H32N4O6/c1-11(24)14(15(20)25)21-16(26)13-6-5-8-23(13)17(27)12-7-9-22(10-12)18(28)29-19(2,3)4/h11-14,24H,5-10H2,1-4H3,(H2,20,25)(H,21,26)/t11-,12+,13+,14+/m1/s1. The van der Waals surface area contributed by atoms with Gasteiger partial charge in [-0.1, -0.05) is 0 Å².